The van der Waals surface area contributed by atoms with Crippen molar-refractivity contribution in [2.24, 2.45) is 0 Å². The van der Waals surface area contributed by atoms with Crippen LogP contribution in [0.1, 0.15) is 35.6 Å². The molecule has 2 aliphatic rings. The Hall–Kier alpha value is -2.25. The van der Waals surface area contributed by atoms with E-state index in [0.29, 0.717) is 54.0 Å². The highest BCUT2D eigenvalue weighted by molar-refractivity contribution is 7.91. The van der Waals surface area contributed by atoms with Crippen LogP contribution >= 0.6 is 11.6 Å². The SMILES string of the molecule is O=C([C@@H](c1ccccc1)S(=O)(=O)Cc1cc(Cl)c2c(c1)OCCCO2)N1CCCC1. The molecule has 0 bridgehead atoms. The zero-order valence-corrected chi connectivity index (χ0v) is 18.1. The molecule has 0 radical (unpaired) electrons. The maximum Gasteiger partial charge on any atom is 0.245 e. The molecule has 0 aliphatic carbocycles. The number of hydrogen-bond acceptors (Lipinski definition) is 5. The topological polar surface area (TPSA) is 72.9 Å². The number of likely N-dealkylation sites (tertiary alicyclic amines) is 1. The van der Waals surface area contributed by atoms with Crippen molar-refractivity contribution >= 4 is 27.3 Å². The molecule has 2 aromatic carbocycles. The van der Waals surface area contributed by atoms with Crippen LogP contribution in [-0.4, -0.2) is 45.5 Å². The van der Waals surface area contributed by atoms with Crippen molar-refractivity contribution in [1.29, 1.82) is 0 Å². The highest BCUT2D eigenvalue weighted by atomic mass is 35.5. The Morgan fingerprint density at radius 2 is 1.73 bits per heavy atom. The minimum atomic E-state index is -3.86. The number of amides is 1. The van der Waals surface area contributed by atoms with Crippen LogP contribution in [0.5, 0.6) is 11.5 Å². The van der Waals surface area contributed by atoms with Crippen LogP contribution in [0.25, 0.3) is 0 Å². The van der Waals surface area contributed by atoms with Gasteiger partial charge in [-0.1, -0.05) is 41.9 Å². The number of ether oxygens (including phenoxy) is 2. The lowest BCUT2D eigenvalue weighted by molar-refractivity contribution is -0.129. The van der Waals surface area contributed by atoms with E-state index in [1.54, 1.807) is 47.4 Å². The molecule has 1 amide bonds. The fraction of sp³-hybridized carbons (Fsp3) is 0.409. The Balaban J connectivity index is 1.68. The van der Waals surface area contributed by atoms with E-state index in [1.807, 2.05) is 0 Å². The zero-order chi connectivity index (χ0) is 21.1. The number of hydrogen-bond donors (Lipinski definition) is 0. The summed E-state index contributed by atoms with van der Waals surface area (Å²) in [4.78, 5) is 14.9. The first-order valence-electron chi connectivity index (χ1n) is 10.1. The molecule has 1 saturated heterocycles. The lowest BCUT2D eigenvalue weighted by Crippen LogP contribution is -2.36. The molecule has 160 valence electrons. The van der Waals surface area contributed by atoms with E-state index in [0.717, 1.165) is 19.3 Å². The minimum Gasteiger partial charge on any atom is -0.489 e. The fourth-order valence-corrected chi connectivity index (χ4v) is 6.03. The normalized spacial score (nSPS) is 17.4. The number of fused-ring (bicyclic) bond motifs is 1. The van der Waals surface area contributed by atoms with Gasteiger partial charge in [-0.05, 0) is 36.1 Å². The van der Waals surface area contributed by atoms with Crippen molar-refractivity contribution in [3.8, 4) is 11.5 Å². The van der Waals surface area contributed by atoms with Crippen LogP contribution in [0, 0.1) is 0 Å². The van der Waals surface area contributed by atoms with Crippen LogP contribution in [0.3, 0.4) is 0 Å². The third-order valence-electron chi connectivity index (χ3n) is 5.33. The molecule has 6 nitrogen and oxygen atoms in total. The predicted octanol–water partition coefficient (Wildman–Crippen LogP) is 3.78. The lowest BCUT2D eigenvalue weighted by Gasteiger charge is -2.24. The van der Waals surface area contributed by atoms with E-state index in [4.69, 9.17) is 21.1 Å². The number of benzene rings is 2. The molecule has 1 fully saturated rings. The maximum absolute atomic E-state index is 13.5. The molecule has 0 saturated carbocycles. The molecule has 0 spiro atoms. The van der Waals surface area contributed by atoms with Gasteiger partial charge in [0.25, 0.3) is 0 Å². The van der Waals surface area contributed by atoms with Crippen LogP contribution in [-0.2, 0) is 20.4 Å². The van der Waals surface area contributed by atoms with Gasteiger partial charge in [0.2, 0.25) is 5.91 Å². The smallest absolute Gasteiger partial charge is 0.245 e. The van der Waals surface area contributed by atoms with E-state index in [1.165, 1.54) is 0 Å². The van der Waals surface area contributed by atoms with Crippen molar-refractivity contribution in [2.45, 2.75) is 30.3 Å². The Kier molecular flexibility index (Phi) is 6.20. The third-order valence-corrected chi connectivity index (χ3v) is 7.54. The van der Waals surface area contributed by atoms with Crippen LogP contribution in [0.2, 0.25) is 5.02 Å². The van der Waals surface area contributed by atoms with E-state index in [-0.39, 0.29) is 11.7 Å². The second kappa shape index (κ2) is 8.86. The first-order chi connectivity index (χ1) is 14.5. The van der Waals surface area contributed by atoms with Gasteiger partial charge in [0, 0.05) is 19.5 Å². The van der Waals surface area contributed by atoms with E-state index in [2.05, 4.69) is 0 Å². The predicted molar refractivity (Wildman–Crippen MR) is 115 cm³/mol. The number of sulfone groups is 1. The molecule has 0 N–H and O–H groups in total. The van der Waals surface area contributed by atoms with Gasteiger partial charge < -0.3 is 14.4 Å². The lowest BCUT2D eigenvalue weighted by atomic mass is 10.1. The second-order valence-corrected chi connectivity index (χ2v) is 10.1. The van der Waals surface area contributed by atoms with Crippen LogP contribution in [0.4, 0.5) is 0 Å². The Morgan fingerprint density at radius 3 is 2.47 bits per heavy atom. The summed E-state index contributed by atoms with van der Waals surface area (Å²) in [6, 6.07) is 11.9. The number of carbonyl (C=O) groups excluding carboxylic acids is 1. The van der Waals surface area contributed by atoms with Crippen molar-refractivity contribution in [2.75, 3.05) is 26.3 Å². The molecule has 2 heterocycles. The number of nitrogens with zero attached hydrogens (tertiary/aromatic N) is 1. The first-order valence-corrected chi connectivity index (χ1v) is 12.2. The zero-order valence-electron chi connectivity index (χ0n) is 16.6. The van der Waals surface area contributed by atoms with E-state index < -0.39 is 15.1 Å². The number of rotatable bonds is 5. The molecule has 8 heteroatoms. The second-order valence-electron chi connectivity index (χ2n) is 7.59. The molecule has 2 aromatic rings. The van der Waals surface area contributed by atoms with Gasteiger partial charge in [-0.15, -0.1) is 0 Å². The molecule has 2 aliphatic heterocycles. The molecule has 0 aromatic heterocycles. The van der Waals surface area contributed by atoms with E-state index in [9.17, 15) is 13.2 Å². The van der Waals surface area contributed by atoms with Crippen molar-refractivity contribution in [1.82, 2.24) is 4.90 Å². The molecular formula is C22H24ClNO5S. The van der Waals surface area contributed by atoms with Crippen molar-refractivity contribution in [3.05, 3.63) is 58.6 Å². The van der Waals surface area contributed by atoms with Gasteiger partial charge in [0.1, 0.15) is 0 Å². The monoisotopic (exact) mass is 449 g/mol. The summed E-state index contributed by atoms with van der Waals surface area (Å²) in [7, 11) is -3.86. The summed E-state index contributed by atoms with van der Waals surface area (Å²) in [5.74, 6) is 0.192. The summed E-state index contributed by atoms with van der Waals surface area (Å²) < 4.78 is 38.3. The quantitative estimate of drug-likeness (QED) is 0.694. The Bertz CT molecular complexity index is 1020. The molecule has 0 unspecified atom stereocenters. The molecular weight excluding hydrogens is 426 g/mol. The summed E-state index contributed by atoms with van der Waals surface area (Å²) in [6.07, 6.45) is 2.51. The first kappa shape index (κ1) is 21.0. The van der Waals surface area contributed by atoms with Gasteiger partial charge in [0.15, 0.2) is 26.6 Å². The summed E-state index contributed by atoms with van der Waals surface area (Å²) >= 11 is 6.34. The van der Waals surface area contributed by atoms with Gasteiger partial charge in [-0.25, -0.2) is 8.42 Å². The maximum atomic E-state index is 13.5. The molecule has 30 heavy (non-hydrogen) atoms. The fourth-order valence-electron chi connectivity index (χ4n) is 3.92. The van der Waals surface area contributed by atoms with Crippen LogP contribution in [0.15, 0.2) is 42.5 Å². The third kappa shape index (κ3) is 4.42. The van der Waals surface area contributed by atoms with Gasteiger partial charge in [0.05, 0.1) is 24.0 Å². The summed E-state index contributed by atoms with van der Waals surface area (Å²) in [5, 5.41) is -0.937. The van der Waals surface area contributed by atoms with Gasteiger partial charge in [-0.2, -0.15) is 0 Å². The standard InChI is InChI=1S/C22H24ClNO5S/c23-18-13-16(14-19-20(18)29-12-6-11-28-19)15-30(26,27)21(17-7-2-1-3-8-17)22(25)24-9-4-5-10-24/h1-3,7-8,13-14,21H,4-6,9-12,15H2/t21-/m1/s1. The van der Waals surface area contributed by atoms with Gasteiger partial charge >= 0.3 is 0 Å². The average Bonchev–Trinajstić information content (AvgIpc) is 3.14. The Labute approximate surface area is 181 Å². The number of carbonyl (C=O) groups is 1. The van der Waals surface area contributed by atoms with E-state index >= 15 is 0 Å². The van der Waals surface area contributed by atoms with Gasteiger partial charge in [-0.3, -0.25) is 4.79 Å². The molecule has 4 rings (SSSR count). The summed E-state index contributed by atoms with van der Waals surface area (Å²) in [6.45, 7) is 2.14. The largest absolute Gasteiger partial charge is 0.489 e. The highest BCUT2D eigenvalue weighted by Crippen LogP contribution is 2.39. The van der Waals surface area contributed by atoms with Crippen molar-refractivity contribution in [3.63, 3.8) is 0 Å². The van der Waals surface area contributed by atoms with Crippen molar-refractivity contribution < 1.29 is 22.7 Å². The minimum absolute atomic E-state index is 0.307. The highest BCUT2D eigenvalue weighted by Gasteiger charge is 2.38. The van der Waals surface area contributed by atoms with Crippen LogP contribution < -0.4 is 9.47 Å². The summed E-state index contributed by atoms with van der Waals surface area (Å²) in [5.41, 5.74) is 0.953. The average molecular weight is 450 g/mol. The number of halogens is 1. The molecule has 1 atom stereocenters. The Morgan fingerprint density at radius 1 is 1.03 bits per heavy atom.